The highest BCUT2D eigenvalue weighted by Gasteiger charge is 2.55. The lowest BCUT2D eigenvalue weighted by Gasteiger charge is -2.45. The minimum Gasteiger partial charge on any atom is -0.462 e. The first kappa shape index (κ1) is 40.2. The number of nitrogens with one attached hydrogen (secondary N) is 1. The fourth-order valence-corrected chi connectivity index (χ4v) is 4.87. The minimum absolute atomic E-state index is 0.246. The Morgan fingerprint density at radius 3 is 1.85 bits per heavy atom. The highest BCUT2D eigenvalue weighted by atomic mass is 16.7. The van der Waals surface area contributed by atoms with Gasteiger partial charge in [0.15, 0.2) is 24.5 Å². The molecule has 0 amide bonds. The van der Waals surface area contributed by atoms with Gasteiger partial charge in [0.25, 0.3) is 0 Å². The van der Waals surface area contributed by atoms with Gasteiger partial charge in [-0.15, -0.1) is 5.10 Å². The number of aromatic nitrogens is 4. The third-order valence-corrected chi connectivity index (χ3v) is 8.08. The molecule has 0 bridgehead atoms. The van der Waals surface area contributed by atoms with Crippen LogP contribution in [0.2, 0.25) is 0 Å². The molecule has 1 aliphatic heterocycles. The van der Waals surface area contributed by atoms with Gasteiger partial charge in [0.1, 0.15) is 18.4 Å². The second-order valence-corrected chi connectivity index (χ2v) is 17.2. The van der Waals surface area contributed by atoms with Crippen LogP contribution in [0.25, 0.3) is 10.9 Å². The SMILES string of the molecule is CC(C)(C)C(=O)OC[C@H]1O[C@@H](n2cc(CNc3cccc4cccnc34)nn2)[C@H](OC(=O)C(C)(C)C)[C@@H](OC(=O)C(C)(C)C)[C@@H]1OC(=O)C(C)(C)C. The van der Waals surface area contributed by atoms with Crippen LogP contribution in [0.15, 0.2) is 42.7 Å². The molecule has 0 aliphatic carbocycles. The monoisotopic (exact) mass is 723 g/mol. The van der Waals surface area contributed by atoms with E-state index in [2.05, 4.69) is 20.6 Å². The lowest BCUT2D eigenvalue weighted by Crippen LogP contribution is -2.62. The van der Waals surface area contributed by atoms with Crippen molar-refractivity contribution in [2.24, 2.45) is 21.7 Å². The summed E-state index contributed by atoms with van der Waals surface area (Å²) >= 11 is 0. The van der Waals surface area contributed by atoms with Crippen LogP contribution in [0.5, 0.6) is 0 Å². The van der Waals surface area contributed by atoms with Crippen LogP contribution in [0, 0.1) is 21.7 Å². The smallest absolute Gasteiger partial charge is 0.311 e. The molecule has 1 saturated heterocycles. The summed E-state index contributed by atoms with van der Waals surface area (Å²) in [5.41, 5.74) is -1.75. The number of anilines is 1. The molecule has 1 aliphatic rings. The number of hydrogen-bond acceptors (Lipinski definition) is 13. The van der Waals surface area contributed by atoms with Gasteiger partial charge in [-0.2, -0.15) is 0 Å². The Labute approximate surface area is 305 Å². The molecule has 3 aromatic rings. The lowest BCUT2D eigenvalue weighted by atomic mass is 9.92. The number of benzene rings is 1. The van der Waals surface area contributed by atoms with Gasteiger partial charge in [0.2, 0.25) is 0 Å². The summed E-state index contributed by atoms with van der Waals surface area (Å²) < 4.78 is 31.8. The fourth-order valence-electron chi connectivity index (χ4n) is 4.87. The van der Waals surface area contributed by atoms with Crippen LogP contribution in [0.1, 0.15) is 95.0 Å². The maximum absolute atomic E-state index is 13.6. The highest BCUT2D eigenvalue weighted by molar-refractivity contribution is 5.90. The van der Waals surface area contributed by atoms with Crippen molar-refractivity contribution >= 4 is 40.5 Å². The van der Waals surface area contributed by atoms with E-state index in [9.17, 15) is 19.2 Å². The first-order valence-electron chi connectivity index (χ1n) is 17.4. The molecule has 14 heteroatoms. The van der Waals surface area contributed by atoms with Crippen LogP contribution in [0.4, 0.5) is 5.69 Å². The topological polar surface area (TPSA) is 170 Å². The first-order chi connectivity index (χ1) is 24.0. The maximum Gasteiger partial charge on any atom is 0.311 e. The molecule has 52 heavy (non-hydrogen) atoms. The average Bonchev–Trinajstić information content (AvgIpc) is 3.51. The van der Waals surface area contributed by atoms with E-state index in [0.29, 0.717) is 5.69 Å². The van der Waals surface area contributed by atoms with Crippen molar-refractivity contribution in [1.82, 2.24) is 20.0 Å². The van der Waals surface area contributed by atoms with E-state index in [1.54, 1.807) is 95.5 Å². The first-order valence-corrected chi connectivity index (χ1v) is 17.4. The zero-order chi connectivity index (χ0) is 38.8. The van der Waals surface area contributed by atoms with Crippen molar-refractivity contribution < 1.29 is 42.9 Å². The van der Waals surface area contributed by atoms with Crippen molar-refractivity contribution in [2.45, 2.75) is 120 Å². The summed E-state index contributed by atoms with van der Waals surface area (Å²) in [7, 11) is 0. The predicted octanol–water partition coefficient (Wildman–Crippen LogP) is 5.80. The fraction of sp³-hybridized carbons (Fsp3) is 0.605. The molecular weight excluding hydrogens is 670 g/mol. The molecule has 3 heterocycles. The maximum atomic E-state index is 13.6. The van der Waals surface area contributed by atoms with Gasteiger partial charge in [-0.05, 0) is 95.2 Å². The number of carbonyl (C=O) groups excluding carboxylic acids is 4. The van der Waals surface area contributed by atoms with Gasteiger partial charge in [0.05, 0.1) is 45.6 Å². The molecule has 0 unspecified atom stereocenters. The molecule has 2 aromatic heterocycles. The molecule has 1 fully saturated rings. The van der Waals surface area contributed by atoms with E-state index in [1.807, 2.05) is 30.3 Å². The van der Waals surface area contributed by atoms with Crippen LogP contribution in [-0.4, -0.2) is 74.9 Å². The molecule has 14 nitrogen and oxygen atoms in total. The van der Waals surface area contributed by atoms with Crippen molar-refractivity contribution in [2.75, 3.05) is 11.9 Å². The normalized spacial score (nSPS) is 21.3. The number of hydrogen-bond donors (Lipinski definition) is 1. The number of para-hydroxylation sites is 1. The Bertz CT molecular complexity index is 1760. The average molecular weight is 724 g/mol. The zero-order valence-electron chi connectivity index (χ0n) is 32.3. The van der Waals surface area contributed by atoms with Crippen LogP contribution >= 0.6 is 0 Å². The van der Waals surface area contributed by atoms with Gasteiger partial charge in [-0.25, -0.2) is 4.68 Å². The highest BCUT2D eigenvalue weighted by Crippen LogP contribution is 2.38. The second kappa shape index (κ2) is 15.2. The molecule has 5 atom stereocenters. The second-order valence-electron chi connectivity index (χ2n) is 17.2. The number of carbonyl (C=O) groups is 4. The third kappa shape index (κ3) is 9.84. The predicted molar refractivity (Wildman–Crippen MR) is 191 cm³/mol. The molecule has 284 valence electrons. The summed E-state index contributed by atoms with van der Waals surface area (Å²) in [6.45, 7) is 20.0. The largest absolute Gasteiger partial charge is 0.462 e. The van der Waals surface area contributed by atoms with Gasteiger partial charge >= 0.3 is 23.9 Å². The van der Waals surface area contributed by atoms with Crippen LogP contribution in [-0.2, 0) is 49.4 Å². The molecule has 1 N–H and O–H groups in total. The molecule has 4 rings (SSSR count). The summed E-state index contributed by atoms with van der Waals surface area (Å²) in [5.74, 6) is -2.45. The molecule has 0 radical (unpaired) electrons. The quantitative estimate of drug-likeness (QED) is 0.208. The summed E-state index contributed by atoms with van der Waals surface area (Å²) in [6, 6.07) is 9.62. The van der Waals surface area contributed by atoms with Gasteiger partial charge in [0, 0.05) is 11.6 Å². The minimum atomic E-state index is -1.41. The molecule has 0 spiro atoms. The van der Waals surface area contributed by atoms with E-state index in [0.717, 1.165) is 16.6 Å². The van der Waals surface area contributed by atoms with Crippen molar-refractivity contribution in [3.05, 3.63) is 48.4 Å². The molecule has 1 aromatic carbocycles. The van der Waals surface area contributed by atoms with Gasteiger partial charge < -0.3 is 29.0 Å². The van der Waals surface area contributed by atoms with Crippen LogP contribution in [0.3, 0.4) is 0 Å². The van der Waals surface area contributed by atoms with E-state index in [4.69, 9.17) is 23.7 Å². The van der Waals surface area contributed by atoms with Gasteiger partial charge in [-0.1, -0.05) is 23.4 Å². The Morgan fingerprint density at radius 2 is 1.27 bits per heavy atom. The van der Waals surface area contributed by atoms with Gasteiger partial charge in [-0.3, -0.25) is 24.2 Å². The Kier molecular flexibility index (Phi) is 11.7. The van der Waals surface area contributed by atoms with E-state index >= 15 is 0 Å². The number of rotatable bonds is 9. The van der Waals surface area contributed by atoms with Crippen molar-refractivity contribution in [1.29, 1.82) is 0 Å². The number of pyridine rings is 1. The number of ether oxygens (including phenoxy) is 5. The Hall–Kier alpha value is -4.59. The lowest BCUT2D eigenvalue weighted by molar-refractivity contribution is -0.277. The number of esters is 4. The van der Waals surface area contributed by atoms with Crippen molar-refractivity contribution in [3.63, 3.8) is 0 Å². The molecule has 0 saturated carbocycles. The van der Waals surface area contributed by atoms with Crippen molar-refractivity contribution in [3.8, 4) is 0 Å². The van der Waals surface area contributed by atoms with E-state index < -0.39 is 76.2 Å². The van der Waals surface area contributed by atoms with E-state index in [-0.39, 0.29) is 13.2 Å². The zero-order valence-corrected chi connectivity index (χ0v) is 32.3. The molecular formula is C38H53N5O9. The van der Waals surface area contributed by atoms with E-state index in [1.165, 1.54) is 4.68 Å². The summed E-state index contributed by atoms with van der Waals surface area (Å²) in [4.78, 5) is 58.0. The number of fused-ring (bicyclic) bond motifs is 1. The number of nitrogens with zero attached hydrogens (tertiary/aromatic N) is 4. The summed E-state index contributed by atoms with van der Waals surface area (Å²) in [5, 5.41) is 13.0. The Morgan fingerprint density at radius 1 is 0.731 bits per heavy atom. The third-order valence-electron chi connectivity index (χ3n) is 8.08. The summed E-state index contributed by atoms with van der Waals surface area (Å²) in [6.07, 6.45) is -3.26. The Balaban J connectivity index is 1.79. The standard InChI is InChI=1S/C38H53N5O9/c1-35(2,3)31(44)48-21-25-27(50-32(45)36(4,5)6)28(51-33(46)37(7,8)9)29(52-34(47)38(10,11)12)30(49-25)43-20-23(41-42-43)19-40-24-17-13-15-22-16-14-18-39-26(22)24/h13-18,20,25,27-30,40H,19,21H2,1-12H3/t25-,27-,28+,29-,30-/m1/s1. The van der Waals surface area contributed by atoms with Crippen LogP contribution < -0.4 is 5.32 Å².